The molecule has 2 rings (SSSR count). The maximum Gasteiger partial charge on any atom is 0.408 e. The summed E-state index contributed by atoms with van der Waals surface area (Å²) in [6.45, 7) is 4.18. The first-order valence-corrected chi connectivity index (χ1v) is 10.1. The third-order valence-corrected chi connectivity index (χ3v) is 6.15. The van der Waals surface area contributed by atoms with Crippen LogP contribution in [0.1, 0.15) is 13.8 Å². The SMILES string of the molecule is CC(C)COc1cccc([N+]2(S(=O)(=O)CC(F)(F)F)C=C(CN)C=CC2)c1. The number of nitrogens with two attached hydrogens (primary N) is 1. The summed E-state index contributed by atoms with van der Waals surface area (Å²) in [5.74, 6) is -1.29. The lowest BCUT2D eigenvalue weighted by Crippen LogP contribution is -2.54. The van der Waals surface area contributed by atoms with E-state index in [1.807, 2.05) is 13.8 Å². The highest BCUT2D eigenvalue weighted by molar-refractivity contribution is 7.91. The Balaban J connectivity index is 2.57. The third kappa shape index (κ3) is 5.12. The molecule has 0 amide bonds. The van der Waals surface area contributed by atoms with E-state index in [0.717, 1.165) is 0 Å². The topological polar surface area (TPSA) is 69.4 Å². The maximum atomic E-state index is 13.0. The zero-order valence-corrected chi connectivity index (χ0v) is 16.1. The van der Waals surface area contributed by atoms with Gasteiger partial charge < -0.3 is 10.5 Å². The summed E-state index contributed by atoms with van der Waals surface area (Å²) in [4.78, 5) is 0. The predicted molar refractivity (Wildman–Crippen MR) is 99.6 cm³/mol. The second-order valence-electron chi connectivity index (χ2n) is 6.83. The molecule has 0 spiro atoms. The van der Waals surface area contributed by atoms with E-state index in [-0.39, 0.29) is 24.7 Å². The molecule has 0 aliphatic carbocycles. The first kappa shape index (κ1) is 21.5. The molecule has 0 bridgehead atoms. The zero-order valence-electron chi connectivity index (χ0n) is 15.2. The van der Waals surface area contributed by atoms with Crippen molar-refractivity contribution < 1.29 is 26.3 Å². The molecule has 0 aromatic heterocycles. The molecular weight excluding hydrogens is 381 g/mol. The molecule has 1 heterocycles. The normalized spacial score (nSPS) is 20.6. The molecule has 1 aromatic rings. The lowest BCUT2D eigenvalue weighted by Gasteiger charge is -2.34. The fourth-order valence-corrected chi connectivity index (χ4v) is 4.46. The van der Waals surface area contributed by atoms with Gasteiger partial charge in [-0.2, -0.15) is 25.5 Å². The molecule has 5 nitrogen and oxygen atoms in total. The molecule has 0 saturated heterocycles. The summed E-state index contributed by atoms with van der Waals surface area (Å²) in [5.41, 5.74) is 6.23. The summed E-state index contributed by atoms with van der Waals surface area (Å²) >= 11 is 0. The van der Waals surface area contributed by atoms with Crippen LogP contribution in [0.4, 0.5) is 18.9 Å². The first-order chi connectivity index (χ1) is 12.5. The van der Waals surface area contributed by atoms with Gasteiger partial charge in [-0.15, -0.1) is 0 Å². The monoisotopic (exact) mass is 405 g/mol. The maximum absolute atomic E-state index is 13.0. The highest BCUT2D eigenvalue weighted by Gasteiger charge is 2.50. The van der Waals surface area contributed by atoms with Gasteiger partial charge in [0.2, 0.25) is 0 Å². The Bertz CT molecular complexity index is 832. The number of hydrogen-bond donors (Lipinski definition) is 1. The fourth-order valence-electron chi connectivity index (χ4n) is 2.77. The number of halogens is 3. The van der Waals surface area contributed by atoms with Crippen LogP contribution in [-0.4, -0.2) is 40.0 Å². The van der Waals surface area contributed by atoms with Crippen LogP contribution in [0.15, 0.2) is 48.2 Å². The zero-order chi connectivity index (χ0) is 20.3. The van der Waals surface area contributed by atoms with Gasteiger partial charge in [0.05, 0.1) is 6.61 Å². The Hall–Kier alpha value is -1.84. The molecule has 2 N–H and O–H groups in total. The summed E-state index contributed by atoms with van der Waals surface area (Å²) in [6.07, 6.45) is -0.424. The number of quaternary nitrogens is 1. The highest BCUT2D eigenvalue weighted by atomic mass is 32.2. The van der Waals surface area contributed by atoms with Gasteiger partial charge >= 0.3 is 16.2 Å². The Kier molecular flexibility index (Phi) is 6.39. The van der Waals surface area contributed by atoms with E-state index in [0.29, 0.717) is 17.9 Å². The summed E-state index contributed by atoms with van der Waals surface area (Å²) < 4.78 is 69.3. The van der Waals surface area contributed by atoms with E-state index in [1.54, 1.807) is 18.2 Å². The average Bonchev–Trinajstić information content (AvgIpc) is 2.58. The molecule has 150 valence electrons. The smallest absolute Gasteiger partial charge is 0.408 e. The molecule has 0 fully saturated rings. The molecule has 0 saturated carbocycles. The second-order valence-corrected chi connectivity index (χ2v) is 8.94. The van der Waals surface area contributed by atoms with Gasteiger partial charge in [-0.05, 0) is 18.1 Å². The fraction of sp³-hybridized carbons (Fsp3) is 0.444. The molecule has 27 heavy (non-hydrogen) atoms. The van der Waals surface area contributed by atoms with Crippen LogP contribution in [0, 0.1) is 5.92 Å². The van der Waals surface area contributed by atoms with Crippen LogP contribution < -0.4 is 14.4 Å². The van der Waals surface area contributed by atoms with Gasteiger partial charge in [0.15, 0.2) is 11.4 Å². The van der Waals surface area contributed by atoms with Gasteiger partial charge in [-0.3, -0.25) is 0 Å². The van der Waals surface area contributed by atoms with E-state index in [9.17, 15) is 21.6 Å². The van der Waals surface area contributed by atoms with Crippen molar-refractivity contribution in [3.8, 4) is 5.75 Å². The lowest BCUT2D eigenvalue weighted by atomic mass is 10.2. The Morgan fingerprint density at radius 3 is 2.59 bits per heavy atom. The number of hydrogen-bond acceptors (Lipinski definition) is 4. The van der Waals surface area contributed by atoms with Crippen molar-refractivity contribution >= 4 is 15.7 Å². The van der Waals surface area contributed by atoms with Crippen molar-refractivity contribution in [1.29, 1.82) is 0 Å². The van der Waals surface area contributed by atoms with Gasteiger partial charge in [0, 0.05) is 24.3 Å². The van der Waals surface area contributed by atoms with E-state index < -0.39 is 25.8 Å². The Morgan fingerprint density at radius 2 is 2.00 bits per heavy atom. The van der Waals surface area contributed by atoms with Crippen LogP contribution in [0.5, 0.6) is 5.75 Å². The Labute approximate surface area is 157 Å². The standard InChI is InChI=1S/C18H24F3N2O3S/c1-14(2)12-26-17-7-3-6-16(9-17)23(8-4-5-15(10-22)11-23)27(24,25)13-18(19,20)21/h3-7,9,11,14H,8,10,12-13,22H2,1-2H3/q+1. The van der Waals surface area contributed by atoms with Crippen molar-refractivity contribution in [2.45, 2.75) is 20.0 Å². The van der Waals surface area contributed by atoms with Crippen LogP contribution in [0.3, 0.4) is 0 Å². The molecular formula is C18H24F3N2O3S+. The van der Waals surface area contributed by atoms with Crippen molar-refractivity contribution in [1.82, 2.24) is 3.89 Å². The van der Waals surface area contributed by atoms with E-state index >= 15 is 0 Å². The van der Waals surface area contributed by atoms with E-state index in [4.69, 9.17) is 10.5 Å². The molecule has 1 aliphatic heterocycles. The van der Waals surface area contributed by atoms with Gasteiger partial charge in [0.25, 0.3) is 0 Å². The summed E-state index contributed by atoms with van der Waals surface area (Å²) in [7, 11) is -4.67. The molecule has 0 radical (unpaired) electrons. The number of ether oxygens (including phenoxy) is 1. The second kappa shape index (κ2) is 8.04. The molecule has 9 heteroatoms. The highest BCUT2D eigenvalue weighted by Crippen LogP contribution is 2.36. The molecule has 1 atom stereocenters. The van der Waals surface area contributed by atoms with E-state index in [1.165, 1.54) is 24.4 Å². The number of benzene rings is 1. The largest absolute Gasteiger partial charge is 0.493 e. The number of rotatable bonds is 7. The predicted octanol–water partition coefficient (Wildman–Crippen LogP) is 3.33. The number of nitrogens with zero attached hydrogens (tertiary/aromatic N) is 1. The number of sulfonamides is 1. The van der Waals surface area contributed by atoms with Crippen LogP contribution in [0.25, 0.3) is 0 Å². The third-order valence-electron chi connectivity index (χ3n) is 4.00. The lowest BCUT2D eigenvalue weighted by molar-refractivity contribution is -0.106. The van der Waals surface area contributed by atoms with Crippen LogP contribution >= 0.6 is 0 Å². The summed E-state index contributed by atoms with van der Waals surface area (Å²) in [5, 5.41) is 0. The minimum Gasteiger partial charge on any atom is -0.493 e. The number of alkyl halides is 3. The van der Waals surface area contributed by atoms with Crippen LogP contribution in [0.2, 0.25) is 0 Å². The molecule has 1 aromatic carbocycles. The minimum atomic E-state index is -4.85. The Morgan fingerprint density at radius 1 is 1.30 bits per heavy atom. The van der Waals surface area contributed by atoms with Crippen molar-refractivity contribution in [2.75, 3.05) is 25.4 Å². The first-order valence-electron chi connectivity index (χ1n) is 8.48. The summed E-state index contributed by atoms with van der Waals surface area (Å²) in [6, 6.07) is 6.18. The van der Waals surface area contributed by atoms with Crippen molar-refractivity contribution in [3.05, 3.63) is 48.2 Å². The van der Waals surface area contributed by atoms with Crippen molar-refractivity contribution in [2.24, 2.45) is 11.7 Å². The van der Waals surface area contributed by atoms with Gasteiger partial charge in [0.1, 0.15) is 18.5 Å². The van der Waals surface area contributed by atoms with Crippen LogP contribution in [-0.2, 0) is 10.0 Å². The van der Waals surface area contributed by atoms with Gasteiger partial charge in [-0.25, -0.2) is 0 Å². The molecule has 1 unspecified atom stereocenters. The van der Waals surface area contributed by atoms with E-state index in [2.05, 4.69) is 0 Å². The minimum absolute atomic E-state index is 0.0155. The van der Waals surface area contributed by atoms with Gasteiger partial charge in [-0.1, -0.05) is 26.0 Å². The molecule has 1 aliphatic rings. The quantitative estimate of drug-likeness (QED) is 0.707. The van der Waals surface area contributed by atoms with Crippen molar-refractivity contribution in [3.63, 3.8) is 0 Å². The average molecular weight is 405 g/mol.